The first-order valence-corrected chi connectivity index (χ1v) is 9.97. The van der Waals surface area contributed by atoms with E-state index in [2.05, 4.69) is 17.2 Å². The van der Waals surface area contributed by atoms with Gasteiger partial charge in [-0.05, 0) is 12.5 Å². The highest BCUT2D eigenvalue weighted by Crippen LogP contribution is 2.28. The van der Waals surface area contributed by atoms with E-state index in [1.54, 1.807) is 0 Å². The highest BCUT2D eigenvalue weighted by Gasteiger charge is 2.51. The van der Waals surface area contributed by atoms with E-state index in [1.807, 2.05) is 0 Å². The second-order valence-corrected chi connectivity index (χ2v) is 6.94. The van der Waals surface area contributed by atoms with Gasteiger partial charge < -0.3 is 34.3 Å². The maximum atomic E-state index is 11.8. The van der Waals surface area contributed by atoms with E-state index < -0.39 is 54.5 Å². The van der Waals surface area contributed by atoms with E-state index in [0.717, 1.165) is 19.9 Å². The molecule has 0 bridgehead atoms. The summed E-state index contributed by atoms with van der Waals surface area (Å²) in [4.78, 5) is 57.7. The lowest BCUT2D eigenvalue weighted by Crippen LogP contribution is -2.66. The molecular formula is C20H30N2O10. The van der Waals surface area contributed by atoms with Crippen LogP contribution in [0.1, 0.15) is 34.1 Å². The summed E-state index contributed by atoms with van der Waals surface area (Å²) in [5, 5.41) is 5.18. The van der Waals surface area contributed by atoms with Gasteiger partial charge in [-0.1, -0.05) is 6.58 Å². The van der Waals surface area contributed by atoms with Gasteiger partial charge in [0.05, 0.1) is 6.61 Å². The number of hydrogen-bond donors (Lipinski definition) is 2. The first-order valence-electron chi connectivity index (χ1n) is 9.97. The number of rotatable bonds is 11. The van der Waals surface area contributed by atoms with Crippen molar-refractivity contribution in [3.63, 3.8) is 0 Å². The van der Waals surface area contributed by atoms with E-state index in [-0.39, 0.29) is 19.1 Å². The van der Waals surface area contributed by atoms with Gasteiger partial charge in [-0.25, -0.2) is 0 Å². The summed E-state index contributed by atoms with van der Waals surface area (Å²) in [6, 6.07) is -1.03. The summed E-state index contributed by atoms with van der Waals surface area (Å²) in [5.41, 5.74) is 0. The van der Waals surface area contributed by atoms with Gasteiger partial charge in [-0.15, -0.1) is 0 Å². The van der Waals surface area contributed by atoms with Crippen molar-refractivity contribution in [1.29, 1.82) is 0 Å². The molecule has 12 heteroatoms. The summed E-state index contributed by atoms with van der Waals surface area (Å²) in [7, 11) is 0. The Kier molecular flexibility index (Phi) is 11.3. The molecule has 0 aromatic rings. The Labute approximate surface area is 185 Å². The van der Waals surface area contributed by atoms with Gasteiger partial charge in [0, 0.05) is 34.2 Å². The number of nitrogens with one attached hydrogen (secondary N) is 2. The monoisotopic (exact) mass is 458 g/mol. The van der Waals surface area contributed by atoms with Gasteiger partial charge in [0.1, 0.15) is 18.8 Å². The normalized spacial score (nSPS) is 24.6. The molecule has 0 unspecified atom stereocenters. The summed E-state index contributed by atoms with van der Waals surface area (Å²) in [6.07, 6.45) is -3.00. The summed E-state index contributed by atoms with van der Waals surface area (Å²) >= 11 is 0. The average molecular weight is 458 g/mol. The predicted molar refractivity (Wildman–Crippen MR) is 108 cm³/mol. The van der Waals surface area contributed by atoms with Crippen LogP contribution in [0.2, 0.25) is 0 Å². The molecule has 0 radical (unpaired) electrons. The molecule has 0 aromatic carbocycles. The number of ether oxygens (including phenoxy) is 5. The number of carbonyl (C=O) groups is 5. The largest absolute Gasteiger partial charge is 0.463 e. The predicted octanol–water partition coefficient (Wildman–Crippen LogP) is -0.649. The van der Waals surface area contributed by atoms with Gasteiger partial charge in [0.25, 0.3) is 0 Å². The smallest absolute Gasteiger partial charge is 0.303 e. The van der Waals surface area contributed by atoms with Gasteiger partial charge in [-0.3, -0.25) is 24.0 Å². The third-order valence-electron chi connectivity index (χ3n) is 4.16. The lowest BCUT2D eigenvalue weighted by atomic mass is 9.96. The molecule has 0 aromatic heterocycles. The molecule has 12 nitrogen and oxygen atoms in total. The standard InChI is InChI=1S/C20H30N2O10/c1-6-16(27)21-8-7-9-28-20-17(22-11(2)23)19(31-14(5)26)18(30-13(4)25)15(32-20)10-29-12(3)24/h6,15,17-20H,1,7-10H2,2-5H3,(H,21,27)(H,22,23)/t15-,17-,18-,19-,20-/m1/s1. The van der Waals surface area contributed by atoms with Crippen LogP contribution in [0, 0.1) is 0 Å². The first-order chi connectivity index (χ1) is 15.0. The summed E-state index contributed by atoms with van der Waals surface area (Å²) in [6.45, 7) is 8.19. The van der Waals surface area contributed by atoms with Crippen molar-refractivity contribution < 1.29 is 47.7 Å². The number of carbonyl (C=O) groups excluding carboxylic acids is 5. The number of hydrogen-bond acceptors (Lipinski definition) is 10. The maximum Gasteiger partial charge on any atom is 0.303 e. The minimum absolute atomic E-state index is 0.101. The lowest BCUT2D eigenvalue weighted by molar-refractivity contribution is -0.277. The van der Waals surface area contributed by atoms with E-state index in [9.17, 15) is 24.0 Å². The molecule has 1 rings (SSSR count). The topological polar surface area (TPSA) is 156 Å². The molecular weight excluding hydrogens is 428 g/mol. The molecule has 180 valence electrons. The molecule has 2 amide bonds. The molecule has 0 aliphatic carbocycles. The van der Waals surface area contributed by atoms with Gasteiger partial charge in [0.15, 0.2) is 18.5 Å². The molecule has 32 heavy (non-hydrogen) atoms. The van der Waals surface area contributed by atoms with Crippen molar-refractivity contribution >= 4 is 29.7 Å². The van der Waals surface area contributed by atoms with Crippen LogP contribution < -0.4 is 10.6 Å². The quantitative estimate of drug-likeness (QED) is 0.177. The summed E-state index contributed by atoms with van der Waals surface area (Å²) in [5.74, 6) is -2.79. The number of amides is 2. The minimum atomic E-state index is -1.18. The molecule has 0 spiro atoms. The molecule has 1 aliphatic rings. The molecule has 2 N–H and O–H groups in total. The van der Waals surface area contributed by atoms with Crippen molar-refractivity contribution in [3.8, 4) is 0 Å². The average Bonchev–Trinajstić information content (AvgIpc) is 2.69. The summed E-state index contributed by atoms with van der Waals surface area (Å²) < 4.78 is 27.2. The Balaban J connectivity index is 3.08. The van der Waals surface area contributed by atoms with Crippen molar-refractivity contribution in [2.24, 2.45) is 0 Å². The van der Waals surface area contributed by atoms with E-state index in [4.69, 9.17) is 23.7 Å². The van der Waals surface area contributed by atoms with Crippen molar-refractivity contribution in [2.45, 2.75) is 64.8 Å². The SMILES string of the molecule is C=CC(=O)NCCCO[C@@H]1O[C@H](COC(C)=O)[C@@H](OC(C)=O)[C@H](OC(C)=O)[C@H]1NC(C)=O. The highest BCUT2D eigenvalue weighted by molar-refractivity contribution is 5.86. The molecule has 5 atom stereocenters. The van der Waals surface area contributed by atoms with E-state index in [0.29, 0.717) is 13.0 Å². The molecule has 1 heterocycles. The van der Waals surface area contributed by atoms with Crippen molar-refractivity contribution in [1.82, 2.24) is 10.6 Å². The Morgan fingerprint density at radius 1 is 0.969 bits per heavy atom. The molecule has 1 fully saturated rings. The Morgan fingerprint density at radius 2 is 1.59 bits per heavy atom. The third-order valence-corrected chi connectivity index (χ3v) is 4.16. The van der Waals surface area contributed by atoms with Crippen LogP contribution in [0.3, 0.4) is 0 Å². The molecule has 1 saturated heterocycles. The fourth-order valence-electron chi connectivity index (χ4n) is 2.99. The number of esters is 3. The van der Waals surface area contributed by atoms with E-state index in [1.165, 1.54) is 13.8 Å². The van der Waals surface area contributed by atoms with Crippen LogP contribution >= 0.6 is 0 Å². The lowest BCUT2D eigenvalue weighted by Gasteiger charge is -2.44. The van der Waals surface area contributed by atoms with Crippen LogP contribution in [-0.2, 0) is 47.7 Å². The zero-order valence-corrected chi connectivity index (χ0v) is 18.6. The highest BCUT2D eigenvalue weighted by atomic mass is 16.7. The molecule has 1 aliphatic heterocycles. The van der Waals surface area contributed by atoms with Crippen molar-refractivity contribution in [3.05, 3.63) is 12.7 Å². The zero-order valence-electron chi connectivity index (χ0n) is 18.6. The Hall–Kier alpha value is -2.99. The minimum Gasteiger partial charge on any atom is -0.463 e. The fourth-order valence-corrected chi connectivity index (χ4v) is 2.99. The second kappa shape index (κ2) is 13.4. The van der Waals surface area contributed by atoms with Crippen LogP contribution in [0.5, 0.6) is 0 Å². The Bertz CT molecular complexity index is 710. The van der Waals surface area contributed by atoms with Crippen LogP contribution in [0.4, 0.5) is 0 Å². The van der Waals surface area contributed by atoms with Crippen LogP contribution in [0.15, 0.2) is 12.7 Å². The Morgan fingerprint density at radius 3 is 2.12 bits per heavy atom. The van der Waals surface area contributed by atoms with Crippen LogP contribution in [0.25, 0.3) is 0 Å². The fraction of sp³-hybridized carbons (Fsp3) is 0.650. The zero-order chi connectivity index (χ0) is 24.3. The van der Waals surface area contributed by atoms with Gasteiger partial charge >= 0.3 is 17.9 Å². The van der Waals surface area contributed by atoms with Gasteiger partial charge in [0.2, 0.25) is 11.8 Å². The van der Waals surface area contributed by atoms with Gasteiger partial charge in [-0.2, -0.15) is 0 Å². The van der Waals surface area contributed by atoms with Crippen molar-refractivity contribution in [2.75, 3.05) is 19.8 Å². The second-order valence-electron chi connectivity index (χ2n) is 6.94. The van der Waals surface area contributed by atoms with Crippen LogP contribution in [-0.4, -0.2) is 80.1 Å². The molecule has 0 saturated carbocycles. The third kappa shape index (κ3) is 9.43. The first kappa shape index (κ1) is 27.0. The van der Waals surface area contributed by atoms with E-state index >= 15 is 0 Å². The maximum absolute atomic E-state index is 11.8.